The third-order valence-corrected chi connectivity index (χ3v) is 7.39. The summed E-state index contributed by atoms with van der Waals surface area (Å²) in [5.74, 6) is 0.218. The molecule has 6 nitrogen and oxygen atoms in total. The Balaban J connectivity index is 1.70. The molecule has 2 aromatic rings. The van der Waals surface area contributed by atoms with Crippen LogP contribution in [0.4, 0.5) is 0 Å². The molecule has 1 amide bonds. The molecule has 1 saturated heterocycles. The first-order valence-electron chi connectivity index (χ1n) is 10.1. The van der Waals surface area contributed by atoms with E-state index < -0.39 is 0 Å². The van der Waals surface area contributed by atoms with Crippen molar-refractivity contribution in [2.24, 2.45) is 0 Å². The van der Waals surface area contributed by atoms with Crippen molar-refractivity contribution < 1.29 is 9.53 Å². The lowest BCUT2D eigenvalue weighted by Crippen LogP contribution is -2.32. The second-order valence-corrected chi connectivity index (χ2v) is 9.87. The third-order valence-electron chi connectivity index (χ3n) is 5.23. The number of carbonyl (C=O) groups excluding carboxylic acids is 1. The van der Waals surface area contributed by atoms with Gasteiger partial charge in [-0.3, -0.25) is 14.2 Å². The Bertz CT molecular complexity index is 929. The van der Waals surface area contributed by atoms with Crippen LogP contribution in [0.3, 0.4) is 0 Å². The predicted octanol–water partition coefficient (Wildman–Crippen LogP) is 3.13. The van der Waals surface area contributed by atoms with Crippen molar-refractivity contribution in [3.8, 4) is 0 Å². The number of fused-ring (bicyclic) bond motifs is 3. The molecular formula is C20H27N3O3S2. The summed E-state index contributed by atoms with van der Waals surface area (Å²) in [6, 6.07) is 0.0987. The van der Waals surface area contributed by atoms with Crippen molar-refractivity contribution >= 4 is 39.2 Å². The van der Waals surface area contributed by atoms with E-state index in [9.17, 15) is 9.59 Å². The van der Waals surface area contributed by atoms with E-state index in [0.717, 1.165) is 48.9 Å². The zero-order chi connectivity index (χ0) is 19.7. The first kappa shape index (κ1) is 19.9. The average Bonchev–Trinajstić information content (AvgIpc) is 3.29. The number of rotatable bonds is 6. The van der Waals surface area contributed by atoms with Crippen LogP contribution in [0, 0.1) is 0 Å². The highest BCUT2D eigenvalue weighted by molar-refractivity contribution is 7.99. The minimum absolute atomic E-state index is 0.0340. The fraction of sp³-hybridized carbons (Fsp3) is 0.650. The van der Waals surface area contributed by atoms with Crippen LogP contribution in [0.25, 0.3) is 10.2 Å². The third kappa shape index (κ3) is 4.14. The second kappa shape index (κ2) is 8.55. The normalized spacial score (nSPS) is 19.3. The lowest BCUT2D eigenvalue weighted by Gasteiger charge is -2.16. The van der Waals surface area contributed by atoms with Crippen LogP contribution in [0.15, 0.2) is 9.95 Å². The molecule has 3 heterocycles. The van der Waals surface area contributed by atoms with Crippen molar-refractivity contribution in [2.45, 2.75) is 76.2 Å². The number of aryl methyl sites for hydroxylation is 2. The Morgan fingerprint density at radius 3 is 2.93 bits per heavy atom. The highest BCUT2D eigenvalue weighted by atomic mass is 32.2. The van der Waals surface area contributed by atoms with Gasteiger partial charge in [-0.25, -0.2) is 4.98 Å². The SMILES string of the molecule is CC(C)NC(=O)CSc1nc2sc3c(c2c(=O)n1C[C@H]1CCCO1)CCCC3. The summed E-state index contributed by atoms with van der Waals surface area (Å²) in [5.41, 5.74) is 1.24. The predicted molar refractivity (Wildman–Crippen MR) is 113 cm³/mol. The van der Waals surface area contributed by atoms with Crippen molar-refractivity contribution in [2.75, 3.05) is 12.4 Å². The molecular weight excluding hydrogens is 394 g/mol. The minimum atomic E-state index is -0.0384. The Labute approximate surface area is 173 Å². The van der Waals surface area contributed by atoms with Crippen molar-refractivity contribution in [3.63, 3.8) is 0 Å². The van der Waals surface area contributed by atoms with E-state index in [-0.39, 0.29) is 29.4 Å². The molecule has 0 bridgehead atoms. The molecule has 1 atom stereocenters. The highest BCUT2D eigenvalue weighted by Crippen LogP contribution is 2.35. The van der Waals surface area contributed by atoms with Gasteiger partial charge in [-0.2, -0.15) is 0 Å². The Kier molecular flexibility index (Phi) is 6.08. The van der Waals surface area contributed by atoms with Crippen molar-refractivity contribution in [1.82, 2.24) is 14.9 Å². The molecule has 2 aromatic heterocycles. The Hall–Kier alpha value is -1.38. The van der Waals surface area contributed by atoms with Crippen LogP contribution in [0.5, 0.6) is 0 Å². The van der Waals surface area contributed by atoms with Gasteiger partial charge in [-0.05, 0) is 57.9 Å². The number of thioether (sulfide) groups is 1. The molecule has 0 unspecified atom stereocenters. The van der Waals surface area contributed by atoms with Crippen LogP contribution in [-0.4, -0.2) is 40.0 Å². The molecule has 0 saturated carbocycles. The lowest BCUT2D eigenvalue weighted by atomic mass is 9.97. The number of amides is 1. The summed E-state index contributed by atoms with van der Waals surface area (Å²) >= 11 is 3.00. The maximum Gasteiger partial charge on any atom is 0.263 e. The monoisotopic (exact) mass is 421 g/mol. The average molecular weight is 422 g/mol. The van der Waals surface area contributed by atoms with Gasteiger partial charge >= 0.3 is 0 Å². The highest BCUT2D eigenvalue weighted by Gasteiger charge is 2.25. The smallest absolute Gasteiger partial charge is 0.263 e. The maximum atomic E-state index is 13.5. The molecule has 152 valence electrons. The van der Waals surface area contributed by atoms with Crippen molar-refractivity contribution in [1.29, 1.82) is 0 Å². The summed E-state index contributed by atoms with van der Waals surface area (Å²) in [6.07, 6.45) is 6.37. The van der Waals surface area contributed by atoms with E-state index in [2.05, 4.69) is 5.32 Å². The number of nitrogens with zero attached hydrogens (tertiary/aromatic N) is 2. The number of aromatic nitrogens is 2. The van der Waals surface area contributed by atoms with Gasteiger partial charge in [-0.15, -0.1) is 11.3 Å². The van der Waals surface area contributed by atoms with Gasteiger partial charge in [0.15, 0.2) is 5.16 Å². The van der Waals surface area contributed by atoms with E-state index in [0.29, 0.717) is 11.7 Å². The van der Waals surface area contributed by atoms with E-state index in [1.54, 1.807) is 15.9 Å². The van der Waals surface area contributed by atoms with Gasteiger partial charge < -0.3 is 10.1 Å². The molecule has 0 aromatic carbocycles. The van der Waals surface area contributed by atoms with Crippen LogP contribution in [0.2, 0.25) is 0 Å². The molecule has 28 heavy (non-hydrogen) atoms. The Morgan fingerprint density at radius 1 is 1.36 bits per heavy atom. The Morgan fingerprint density at radius 2 is 2.18 bits per heavy atom. The van der Waals surface area contributed by atoms with Crippen LogP contribution in [-0.2, 0) is 28.9 Å². The van der Waals surface area contributed by atoms with Gasteiger partial charge in [0.25, 0.3) is 5.56 Å². The number of thiophene rings is 1. The van der Waals surface area contributed by atoms with E-state index in [4.69, 9.17) is 9.72 Å². The topological polar surface area (TPSA) is 73.2 Å². The van der Waals surface area contributed by atoms with Crippen LogP contribution >= 0.6 is 23.1 Å². The lowest BCUT2D eigenvalue weighted by molar-refractivity contribution is -0.119. The zero-order valence-electron chi connectivity index (χ0n) is 16.5. The van der Waals surface area contributed by atoms with Gasteiger partial charge in [0.1, 0.15) is 4.83 Å². The molecule has 2 aliphatic rings. The first-order valence-corrected chi connectivity index (χ1v) is 11.9. The maximum absolute atomic E-state index is 13.5. The molecule has 0 spiro atoms. The quantitative estimate of drug-likeness (QED) is 0.573. The van der Waals surface area contributed by atoms with E-state index in [1.807, 2.05) is 13.8 Å². The fourth-order valence-corrected chi connectivity index (χ4v) is 6.10. The number of hydrogen-bond donors (Lipinski definition) is 1. The zero-order valence-corrected chi connectivity index (χ0v) is 18.1. The van der Waals surface area contributed by atoms with Crippen molar-refractivity contribution in [3.05, 3.63) is 20.8 Å². The molecule has 1 aliphatic heterocycles. The summed E-state index contributed by atoms with van der Waals surface area (Å²) in [4.78, 5) is 32.6. The fourth-order valence-electron chi connectivity index (χ4n) is 3.98. The molecule has 1 aliphatic carbocycles. The van der Waals surface area contributed by atoms with Gasteiger partial charge in [0.2, 0.25) is 5.91 Å². The standard InChI is InChI=1S/C20H27N3O3S2/c1-12(2)21-16(24)11-27-20-22-18-17(14-7-3-4-8-15(14)28-18)19(25)23(20)10-13-6-5-9-26-13/h12-13H,3-11H2,1-2H3,(H,21,24)/t13-/m1/s1. The van der Waals surface area contributed by atoms with Gasteiger partial charge in [0.05, 0.1) is 23.8 Å². The van der Waals surface area contributed by atoms with Gasteiger partial charge in [0, 0.05) is 17.5 Å². The number of ether oxygens (including phenoxy) is 1. The largest absolute Gasteiger partial charge is 0.376 e. The van der Waals surface area contributed by atoms with Crippen LogP contribution < -0.4 is 10.9 Å². The minimum Gasteiger partial charge on any atom is -0.376 e. The first-order chi connectivity index (χ1) is 13.5. The molecule has 1 fully saturated rings. The number of nitrogens with one attached hydrogen (secondary N) is 1. The molecule has 1 N–H and O–H groups in total. The second-order valence-electron chi connectivity index (χ2n) is 7.85. The molecule has 0 radical (unpaired) electrons. The number of carbonyl (C=O) groups is 1. The van der Waals surface area contributed by atoms with E-state index >= 15 is 0 Å². The summed E-state index contributed by atoms with van der Waals surface area (Å²) in [7, 11) is 0. The van der Waals surface area contributed by atoms with Crippen LogP contribution in [0.1, 0.15) is 50.0 Å². The molecule has 8 heteroatoms. The summed E-state index contributed by atoms with van der Waals surface area (Å²) in [6.45, 7) is 5.15. The number of hydrogen-bond acceptors (Lipinski definition) is 6. The van der Waals surface area contributed by atoms with Gasteiger partial charge in [-0.1, -0.05) is 11.8 Å². The van der Waals surface area contributed by atoms with E-state index in [1.165, 1.54) is 28.6 Å². The summed E-state index contributed by atoms with van der Waals surface area (Å²) < 4.78 is 7.54. The molecule has 4 rings (SSSR count). The summed E-state index contributed by atoms with van der Waals surface area (Å²) in [5, 5.41) is 4.33.